The lowest BCUT2D eigenvalue weighted by molar-refractivity contribution is -0.223. The van der Waals surface area contributed by atoms with E-state index in [-0.39, 0.29) is 17.8 Å². The van der Waals surface area contributed by atoms with Crippen LogP contribution in [0.4, 0.5) is 0 Å². The fourth-order valence-corrected chi connectivity index (χ4v) is 8.73. The first-order valence-corrected chi connectivity index (χ1v) is 17.6. The van der Waals surface area contributed by atoms with Crippen LogP contribution >= 0.6 is 0 Å². The molecule has 0 atom stereocenters. The molecule has 0 radical (unpaired) electrons. The normalized spacial score (nSPS) is 24.3. The predicted molar refractivity (Wildman–Crippen MR) is 165 cm³/mol. The molecule has 4 nitrogen and oxygen atoms in total. The molecule has 1 N–H and O–H groups in total. The van der Waals surface area contributed by atoms with Crippen molar-refractivity contribution in [1.29, 1.82) is 0 Å². The van der Waals surface area contributed by atoms with E-state index in [0.29, 0.717) is 18.4 Å². The third-order valence-corrected chi connectivity index (χ3v) is 10.9. The fraction of sp³-hybridized carbons (Fsp3) is 0.889. The van der Waals surface area contributed by atoms with Crippen LogP contribution in [-0.4, -0.2) is 22.6 Å². The van der Waals surface area contributed by atoms with Crippen LogP contribution in [0.5, 0.6) is 0 Å². The summed E-state index contributed by atoms with van der Waals surface area (Å²) in [5.74, 6) is -0.856. The fourth-order valence-electron chi connectivity index (χ4n) is 8.73. The van der Waals surface area contributed by atoms with Gasteiger partial charge in [-0.05, 0) is 45.4 Å². The second-order valence-electron chi connectivity index (χ2n) is 13.8. The van der Waals surface area contributed by atoms with Gasteiger partial charge in [0.05, 0.1) is 0 Å². The Hall–Kier alpha value is -1.32. The predicted octanol–water partition coefficient (Wildman–Crippen LogP) is 10.7. The maximum atomic E-state index is 14.0. The van der Waals surface area contributed by atoms with Gasteiger partial charge >= 0.3 is 11.9 Å². The molecule has 0 bridgehead atoms. The number of aliphatic carboxylic acids is 1. The highest BCUT2D eigenvalue weighted by atomic mass is 16.6. The second-order valence-corrected chi connectivity index (χ2v) is 13.8. The number of carbonyl (C=O) groups is 2. The summed E-state index contributed by atoms with van der Waals surface area (Å²) < 4.78 is 6.97. The number of ether oxygens (including phenoxy) is 1. The Morgan fingerprint density at radius 2 is 0.900 bits per heavy atom. The van der Waals surface area contributed by atoms with Crippen molar-refractivity contribution in [3.8, 4) is 0 Å². The van der Waals surface area contributed by atoms with Crippen LogP contribution in [0.2, 0.25) is 0 Å². The Bertz CT molecular complexity index is 715. The third kappa shape index (κ3) is 8.84. The van der Waals surface area contributed by atoms with E-state index in [4.69, 9.17) is 4.74 Å². The molecule has 0 saturated heterocycles. The summed E-state index contributed by atoms with van der Waals surface area (Å²) in [6.45, 7) is 5.75. The van der Waals surface area contributed by atoms with Gasteiger partial charge in [-0.25, -0.2) is 4.79 Å². The average molecular weight is 559 g/mol. The van der Waals surface area contributed by atoms with Gasteiger partial charge in [-0.15, -0.1) is 0 Å². The minimum absolute atomic E-state index is 0.0980. The molecule has 3 aliphatic rings. The lowest BCUT2D eigenvalue weighted by Crippen LogP contribution is -2.64. The van der Waals surface area contributed by atoms with Crippen LogP contribution in [0.25, 0.3) is 0 Å². The Kier molecular flexibility index (Phi) is 14.6. The van der Waals surface area contributed by atoms with Crippen LogP contribution in [0.3, 0.4) is 0 Å². The van der Waals surface area contributed by atoms with E-state index in [1.54, 1.807) is 6.92 Å². The van der Waals surface area contributed by atoms with Crippen molar-refractivity contribution in [2.45, 2.75) is 186 Å². The van der Waals surface area contributed by atoms with Gasteiger partial charge in [-0.1, -0.05) is 141 Å². The Morgan fingerprint density at radius 1 is 0.600 bits per heavy atom. The molecule has 0 aromatic carbocycles. The molecule has 3 saturated carbocycles. The van der Waals surface area contributed by atoms with Crippen molar-refractivity contribution in [2.75, 3.05) is 0 Å². The highest BCUT2D eigenvalue weighted by Crippen LogP contribution is 2.57. The van der Waals surface area contributed by atoms with Crippen molar-refractivity contribution in [1.82, 2.24) is 0 Å². The van der Waals surface area contributed by atoms with Crippen LogP contribution in [0, 0.1) is 17.3 Å². The zero-order chi connectivity index (χ0) is 28.7. The average Bonchev–Trinajstić information content (AvgIpc) is 2.95. The number of rotatable bonds is 6. The Labute approximate surface area is 246 Å². The van der Waals surface area contributed by atoms with Crippen LogP contribution < -0.4 is 0 Å². The van der Waals surface area contributed by atoms with Gasteiger partial charge < -0.3 is 9.84 Å². The second kappa shape index (κ2) is 17.6. The van der Waals surface area contributed by atoms with Crippen molar-refractivity contribution in [3.63, 3.8) is 0 Å². The van der Waals surface area contributed by atoms with Crippen molar-refractivity contribution in [2.24, 2.45) is 17.3 Å². The molecule has 0 spiro atoms. The van der Waals surface area contributed by atoms with Gasteiger partial charge in [0.25, 0.3) is 0 Å². The maximum absolute atomic E-state index is 14.0. The molecule has 230 valence electrons. The van der Waals surface area contributed by atoms with Gasteiger partial charge in [-0.3, -0.25) is 4.79 Å². The Morgan fingerprint density at radius 3 is 1.20 bits per heavy atom. The highest BCUT2D eigenvalue weighted by Gasteiger charge is 2.64. The van der Waals surface area contributed by atoms with E-state index in [9.17, 15) is 14.7 Å². The lowest BCUT2D eigenvalue weighted by Gasteiger charge is -2.56. The molecule has 3 fully saturated rings. The van der Waals surface area contributed by atoms with E-state index in [0.717, 1.165) is 77.0 Å². The summed E-state index contributed by atoms with van der Waals surface area (Å²) in [5, 5.41) is 11.5. The van der Waals surface area contributed by atoms with E-state index >= 15 is 0 Å². The molecule has 0 unspecified atom stereocenters. The van der Waals surface area contributed by atoms with Crippen molar-refractivity contribution >= 4 is 11.9 Å². The number of carboxylic acid groups (broad SMARTS) is 1. The standard InChI is InChI=1S/C36H62O4/c1-30(2)33(37)40-36(31-24-18-12-6-3-7-13-19-25-31,32-26-20-14-8-4-9-15-21-27-32)35(34(38)39)28-22-16-10-5-11-17-23-29-35/h31-32H,1,3-29H2,2H3,(H,38,39). The largest absolute Gasteiger partial charge is 0.481 e. The summed E-state index contributed by atoms with van der Waals surface area (Å²) in [7, 11) is 0. The van der Waals surface area contributed by atoms with Crippen LogP contribution in [-0.2, 0) is 14.3 Å². The summed E-state index contributed by atoms with van der Waals surface area (Å²) >= 11 is 0. The monoisotopic (exact) mass is 558 g/mol. The van der Waals surface area contributed by atoms with Gasteiger partial charge in [-0.2, -0.15) is 0 Å². The molecule has 0 aromatic heterocycles. The number of carboxylic acids is 1. The SMILES string of the molecule is C=C(C)C(=O)OC(C1CCCCCCCCC1)(C1CCCCCCCCC1)C1(C(=O)O)CCCCCCCCC1. The molecule has 40 heavy (non-hydrogen) atoms. The number of hydrogen-bond donors (Lipinski definition) is 1. The molecule has 0 aromatic rings. The number of carbonyl (C=O) groups excluding carboxylic acids is 1. The van der Waals surface area contributed by atoms with Gasteiger partial charge in [0.15, 0.2) is 0 Å². The van der Waals surface area contributed by atoms with Gasteiger partial charge in [0.1, 0.15) is 11.0 Å². The molecule has 0 aliphatic heterocycles. The zero-order valence-electron chi connectivity index (χ0n) is 26.1. The molecule has 3 aliphatic carbocycles. The topological polar surface area (TPSA) is 63.6 Å². The first-order chi connectivity index (χ1) is 19.4. The number of esters is 1. The van der Waals surface area contributed by atoms with E-state index < -0.39 is 17.0 Å². The molecule has 0 heterocycles. The summed E-state index contributed by atoms with van der Waals surface area (Å²) in [5.41, 5.74) is -1.59. The molecular formula is C36H62O4. The highest BCUT2D eigenvalue weighted by molar-refractivity contribution is 5.88. The number of hydrogen-bond acceptors (Lipinski definition) is 3. The maximum Gasteiger partial charge on any atom is 0.333 e. The van der Waals surface area contributed by atoms with Crippen molar-refractivity contribution in [3.05, 3.63) is 12.2 Å². The summed E-state index contributed by atoms with van der Waals surface area (Å²) in [6, 6.07) is 0. The first kappa shape index (κ1) is 33.2. The van der Waals surface area contributed by atoms with Crippen LogP contribution in [0.15, 0.2) is 12.2 Å². The first-order valence-electron chi connectivity index (χ1n) is 17.6. The smallest absolute Gasteiger partial charge is 0.333 e. The molecule has 4 heteroatoms. The minimum Gasteiger partial charge on any atom is -0.481 e. The van der Waals surface area contributed by atoms with Crippen LogP contribution in [0.1, 0.15) is 180 Å². The van der Waals surface area contributed by atoms with E-state index in [1.165, 1.54) is 83.5 Å². The third-order valence-electron chi connectivity index (χ3n) is 10.9. The van der Waals surface area contributed by atoms with Gasteiger partial charge in [0, 0.05) is 17.4 Å². The Balaban J connectivity index is 2.22. The molecule has 3 rings (SSSR count). The molecular weight excluding hydrogens is 496 g/mol. The minimum atomic E-state index is -1.03. The van der Waals surface area contributed by atoms with E-state index in [2.05, 4.69) is 6.58 Å². The zero-order valence-corrected chi connectivity index (χ0v) is 26.1. The lowest BCUT2D eigenvalue weighted by atomic mass is 9.52. The van der Waals surface area contributed by atoms with Crippen molar-refractivity contribution < 1.29 is 19.4 Å². The van der Waals surface area contributed by atoms with E-state index in [1.807, 2.05) is 0 Å². The summed E-state index contributed by atoms with van der Waals surface area (Å²) in [6.07, 6.45) is 29.7. The van der Waals surface area contributed by atoms with Gasteiger partial charge in [0.2, 0.25) is 0 Å². The quantitative estimate of drug-likeness (QED) is 0.260. The summed E-state index contributed by atoms with van der Waals surface area (Å²) in [4.78, 5) is 27.7. The molecule has 0 amide bonds.